The van der Waals surface area contributed by atoms with Crippen molar-refractivity contribution in [3.05, 3.63) is 95.3 Å². The van der Waals surface area contributed by atoms with Gasteiger partial charge in [-0.1, -0.05) is 29.8 Å². The first-order valence-electron chi connectivity index (χ1n) is 14.0. The predicted octanol–water partition coefficient (Wildman–Crippen LogP) is 4.83. The maximum absolute atomic E-state index is 12.9. The summed E-state index contributed by atoms with van der Waals surface area (Å²) in [7, 11) is 1.61. The van der Waals surface area contributed by atoms with E-state index in [1.807, 2.05) is 72.6 Å². The number of pyridine rings is 1. The van der Waals surface area contributed by atoms with E-state index in [2.05, 4.69) is 24.5 Å². The van der Waals surface area contributed by atoms with Gasteiger partial charge in [-0.2, -0.15) is 5.10 Å². The average Bonchev–Trinajstić information content (AvgIpc) is 3.65. The molecule has 1 aliphatic heterocycles. The summed E-state index contributed by atoms with van der Waals surface area (Å²) in [6, 6.07) is 17.1. The van der Waals surface area contributed by atoms with Crippen LogP contribution in [-0.4, -0.2) is 85.0 Å². The van der Waals surface area contributed by atoms with E-state index in [9.17, 15) is 9.90 Å². The molecule has 1 saturated heterocycles. The van der Waals surface area contributed by atoms with Crippen LogP contribution in [0.5, 0.6) is 5.75 Å². The van der Waals surface area contributed by atoms with Gasteiger partial charge in [0, 0.05) is 60.0 Å². The van der Waals surface area contributed by atoms with E-state index in [1.165, 1.54) is 0 Å². The van der Waals surface area contributed by atoms with Crippen LogP contribution in [0.2, 0.25) is 5.02 Å². The molecule has 222 valence electrons. The van der Waals surface area contributed by atoms with E-state index in [0.717, 1.165) is 21.4 Å². The van der Waals surface area contributed by atoms with Crippen LogP contribution in [0.25, 0.3) is 16.7 Å². The summed E-state index contributed by atoms with van der Waals surface area (Å²) < 4.78 is 9.49. The number of aliphatic hydroxyl groups is 1. The molecular weight excluding hydrogens is 586 g/mol. The number of aryl methyl sites for hydroxylation is 1. The van der Waals surface area contributed by atoms with E-state index >= 15 is 0 Å². The fourth-order valence-electron chi connectivity index (χ4n) is 5.36. The standard InChI is InChI=1S/C31H32ClN7O3S/c1-21-34-19-39(35-21)30-29-28(27(42-2)16-33-30)25(17-38(29)20-43-24-10-8-23(32)9-11-24)26(40)18-36-12-14-37(15-13-36)31(41)22-6-4-3-5-7-22/h3-11,16-17,19,26,40H,12-15,18,20H2,1-2H3. The van der Waals surface area contributed by atoms with Gasteiger partial charge in [0.05, 0.1) is 36.2 Å². The first-order valence-corrected chi connectivity index (χ1v) is 15.3. The zero-order valence-corrected chi connectivity index (χ0v) is 25.5. The molecule has 4 heterocycles. The molecule has 5 aromatic rings. The van der Waals surface area contributed by atoms with Crippen LogP contribution in [0.3, 0.4) is 0 Å². The Morgan fingerprint density at radius 1 is 1.07 bits per heavy atom. The number of aromatic nitrogens is 5. The van der Waals surface area contributed by atoms with E-state index in [1.54, 1.807) is 36.1 Å². The summed E-state index contributed by atoms with van der Waals surface area (Å²) in [5, 5.41) is 17.6. The second-order valence-corrected chi connectivity index (χ2v) is 11.8. The summed E-state index contributed by atoms with van der Waals surface area (Å²) in [4.78, 5) is 27.0. The Kier molecular flexibility index (Phi) is 8.66. The number of ether oxygens (including phenoxy) is 1. The highest BCUT2D eigenvalue weighted by molar-refractivity contribution is 7.98. The van der Waals surface area contributed by atoms with Gasteiger partial charge in [0.1, 0.15) is 17.9 Å². The molecule has 0 saturated carbocycles. The Hall–Kier alpha value is -3.90. The molecule has 0 radical (unpaired) electrons. The third-order valence-corrected chi connectivity index (χ3v) is 8.83. The molecule has 0 bridgehead atoms. The fourth-order valence-corrected chi connectivity index (χ4v) is 6.31. The maximum atomic E-state index is 12.9. The van der Waals surface area contributed by atoms with Gasteiger partial charge in [-0.15, -0.1) is 11.8 Å². The van der Waals surface area contributed by atoms with Crippen LogP contribution in [-0.2, 0) is 5.88 Å². The van der Waals surface area contributed by atoms with Gasteiger partial charge in [0.15, 0.2) is 5.82 Å². The molecule has 6 rings (SSSR count). The number of halogens is 1. The largest absolute Gasteiger partial charge is 0.494 e. The zero-order chi connectivity index (χ0) is 29.9. The number of aliphatic hydroxyl groups excluding tert-OH is 1. The van der Waals surface area contributed by atoms with Crippen molar-refractivity contribution < 1.29 is 14.6 Å². The number of β-amino-alcohol motifs (C(OH)–C–C–N with tert-alkyl or cyclic N) is 1. The van der Waals surface area contributed by atoms with E-state index in [-0.39, 0.29) is 5.91 Å². The monoisotopic (exact) mass is 617 g/mol. The van der Waals surface area contributed by atoms with Gasteiger partial charge in [-0.05, 0) is 43.3 Å². The number of benzene rings is 2. The lowest BCUT2D eigenvalue weighted by Gasteiger charge is -2.35. The smallest absolute Gasteiger partial charge is 0.253 e. The van der Waals surface area contributed by atoms with Gasteiger partial charge in [-0.25, -0.2) is 14.6 Å². The number of carbonyl (C=O) groups excluding carboxylic acids is 1. The average molecular weight is 618 g/mol. The van der Waals surface area contributed by atoms with Crippen molar-refractivity contribution in [1.29, 1.82) is 0 Å². The van der Waals surface area contributed by atoms with E-state index in [4.69, 9.17) is 16.3 Å². The van der Waals surface area contributed by atoms with E-state index in [0.29, 0.717) is 66.6 Å². The molecule has 1 amide bonds. The van der Waals surface area contributed by atoms with E-state index < -0.39 is 6.10 Å². The Labute approximate surface area is 258 Å². The van der Waals surface area contributed by atoms with Crippen LogP contribution >= 0.6 is 23.4 Å². The number of fused-ring (bicyclic) bond motifs is 1. The van der Waals surface area contributed by atoms with Crippen molar-refractivity contribution in [2.24, 2.45) is 0 Å². The summed E-state index contributed by atoms with van der Waals surface area (Å²) in [6.45, 7) is 4.78. The molecule has 1 unspecified atom stereocenters. The summed E-state index contributed by atoms with van der Waals surface area (Å²) in [5.41, 5.74) is 2.23. The lowest BCUT2D eigenvalue weighted by Crippen LogP contribution is -2.49. The van der Waals surface area contributed by atoms with Crippen LogP contribution in [0, 0.1) is 6.92 Å². The van der Waals surface area contributed by atoms with Gasteiger partial charge >= 0.3 is 0 Å². The quantitative estimate of drug-likeness (QED) is 0.235. The summed E-state index contributed by atoms with van der Waals surface area (Å²) >= 11 is 7.74. The minimum absolute atomic E-state index is 0.0372. The van der Waals surface area contributed by atoms with Crippen molar-refractivity contribution in [1.82, 2.24) is 34.1 Å². The number of hydrogen-bond donors (Lipinski definition) is 1. The topological polar surface area (TPSA) is 102 Å². The number of nitrogens with zero attached hydrogens (tertiary/aromatic N) is 7. The molecule has 0 spiro atoms. The molecule has 1 fully saturated rings. The van der Waals surface area contributed by atoms with Gasteiger partial charge in [0.25, 0.3) is 5.91 Å². The summed E-state index contributed by atoms with van der Waals surface area (Å²) in [6.07, 6.45) is 4.47. The molecule has 3 aromatic heterocycles. The maximum Gasteiger partial charge on any atom is 0.253 e. The Balaban J connectivity index is 1.28. The lowest BCUT2D eigenvalue weighted by molar-refractivity contribution is 0.0529. The Morgan fingerprint density at radius 2 is 1.81 bits per heavy atom. The number of rotatable bonds is 9. The second-order valence-electron chi connectivity index (χ2n) is 10.4. The minimum Gasteiger partial charge on any atom is -0.494 e. The van der Waals surface area contributed by atoms with Crippen molar-refractivity contribution in [2.45, 2.75) is 23.8 Å². The number of methoxy groups -OCH3 is 1. The molecule has 0 aliphatic carbocycles. The van der Waals surface area contributed by atoms with Crippen LogP contribution in [0.1, 0.15) is 27.8 Å². The number of thioether (sulfide) groups is 1. The number of piperazine rings is 1. The lowest BCUT2D eigenvalue weighted by atomic mass is 10.1. The van der Waals surface area contributed by atoms with Crippen LogP contribution in [0.4, 0.5) is 0 Å². The molecule has 1 aliphatic rings. The minimum atomic E-state index is -0.803. The molecular formula is C31H32ClN7O3S. The van der Waals surface area contributed by atoms with Crippen LogP contribution < -0.4 is 4.74 Å². The SMILES string of the molecule is COc1cnc(-n2cnc(C)n2)c2c1c(C(O)CN1CCN(C(=O)c3ccccc3)CC1)cn2CSc1ccc(Cl)cc1. The third-order valence-electron chi connectivity index (χ3n) is 7.57. The number of amides is 1. The molecule has 1 atom stereocenters. The highest BCUT2D eigenvalue weighted by Crippen LogP contribution is 2.38. The highest BCUT2D eigenvalue weighted by Gasteiger charge is 2.27. The third kappa shape index (κ3) is 6.25. The van der Waals surface area contributed by atoms with Crippen LogP contribution in [0.15, 0.2) is 78.2 Å². The van der Waals surface area contributed by atoms with Crippen molar-refractivity contribution in [2.75, 3.05) is 39.8 Å². The Bertz CT molecular complexity index is 1720. The van der Waals surface area contributed by atoms with Gasteiger partial charge < -0.3 is 19.3 Å². The fraction of sp³-hybridized carbons (Fsp3) is 0.290. The summed E-state index contributed by atoms with van der Waals surface area (Å²) in [5.74, 6) is 2.39. The molecule has 10 nitrogen and oxygen atoms in total. The molecule has 2 aromatic carbocycles. The van der Waals surface area contributed by atoms with Crippen molar-refractivity contribution in [3.8, 4) is 11.6 Å². The molecule has 12 heteroatoms. The first-order chi connectivity index (χ1) is 20.9. The zero-order valence-electron chi connectivity index (χ0n) is 23.9. The first kappa shape index (κ1) is 29.2. The normalized spacial score (nSPS) is 14.7. The number of carbonyl (C=O) groups is 1. The highest BCUT2D eigenvalue weighted by atomic mass is 35.5. The molecule has 43 heavy (non-hydrogen) atoms. The van der Waals surface area contributed by atoms with Crippen molar-refractivity contribution in [3.63, 3.8) is 0 Å². The van der Waals surface area contributed by atoms with Crippen molar-refractivity contribution >= 4 is 40.2 Å². The van der Waals surface area contributed by atoms with Gasteiger partial charge in [0.2, 0.25) is 0 Å². The number of hydrogen-bond acceptors (Lipinski definition) is 8. The predicted molar refractivity (Wildman–Crippen MR) is 167 cm³/mol. The Morgan fingerprint density at radius 3 is 2.49 bits per heavy atom. The molecule has 1 N–H and O–H groups in total. The second kappa shape index (κ2) is 12.8. The van der Waals surface area contributed by atoms with Gasteiger partial charge in [-0.3, -0.25) is 9.69 Å².